The largest absolute Gasteiger partial charge is 0.187 e. The Morgan fingerprint density at radius 3 is 2.50 bits per heavy atom. The first-order chi connectivity index (χ1) is 5.47. The second kappa shape index (κ2) is 3.11. The molecule has 0 fully saturated rings. The average Bonchev–Trinajstić information content (AvgIpc) is 2.30. The van der Waals surface area contributed by atoms with Gasteiger partial charge >= 0.3 is 0 Å². The number of aryl methyl sites for hydroxylation is 1. The van der Waals surface area contributed by atoms with Crippen molar-refractivity contribution in [3.63, 3.8) is 0 Å². The van der Waals surface area contributed by atoms with Gasteiger partial charge in [0.1, 0.15) is 8.07 Å². The lowest BCUT2D eigenvalue weighted by atomic mass is 10.5. The lowest BCUT2D eigenvalue weighted by molar-refractivity contribution is 0.652. The minimum Gasteiger partial charge on any atom is -0.187 e. The summed E-state index contributed by atoms with van der Waals surface area (Å²) in [5.41, 5.74) is 3.99. The van der Waals surface area contributed by atoms with Crippen molar-refractivity contribution in [1.82, 2.24) is 15.0 Å². The van der Waals surface area contributed by atoms with Gasteiger partial charge < -0.3 is 0 Å². The normalized spacial score (nSPS) is 10.7. The first-order valence-corrected chi connectivity index (χ1v) is 7.37. The van der Waals surface area contributed by atoms with Gasteiger partial charge in [-0.3, -0.25) is 0 Å². The summed E-state index contributed by atoms with van der Waals surface area (Å²) >= 11 is 0. The van der Waals surface area contributed by atoms with Gasteiger partial charge in [-0.15, -0.1) is 10.6 Å². The third-order valence-corrected chi connectivity index (χ3v) is 2.04. The van der Waals surface area contributed by atoms with E-state index >= 15 is 0 Å². The van der Waals surface area contributed by atoms with E-state index in [1.54, 1.807) is 13.2 Å². The van der Waals surface area contributed by atoms with Gasteiger partial charge in [0.15, 0.2) is 5.69 Å². The van der Waals surface area contributed by atoms with Gasteiger partial charge in [0.25, 0.3) is 0 Å². The predicted octanol–water partition coefficient (Wildman–Crippen LogP) is 1.04. The SMILES string of the molecule is Cn1ncc(C#C[Si](C)(C)C)n1. The van der Waals surface area contributed by atoms with Gasteiger partial charge in [0.05, 0.1) is 6.20 Å². The van der Waals surface area contributed by atoms with E-state index < -0.39 is 8.07 Å². The Kier molecular flexibility index (Phi) is 2.34. The molecule has 0 radical (unpaired) electrons. The second-order valence-corrected chi connectivity index (χ2v) is 8.47. The zero-order chi connectivity index (χ0) is 9.19. The van der Waals surface area contributed by atoms with E-state index in [2.05, 4.69) is 41.3 Å². The van der Waals surface area contributed by atoms with Crippen LogP contribution in [0.1, 0.15) is 5.69 Å². The quantitative estimate of drug-likeness (QED) is 0.440. The van der Waals surface area contributed by atoms with Gasteiger partial charge in [-0.2, -0.15) is 9.90 Å². The summed E-state index contributed by atoms with van der Waals surface area (Å²) in [7, 11) is 0.522. The Hall–Kier alpha value is -1.08. The number of hydrogen-bond donors (Lipinski definition) is 0. The monoisotopic (exact) mass is 179 g/mol. The minimum atomic E-state index is -1.27. The highest BCUT2D eigenvalue weighted by Crippen LogP contribution is 1.97. The lowest BCUT2D eigenvalue weighted by Crippen LogP contribution is -2.16. The van der Waals surface area contributed by atoms with Crippen molar-refractivity contribution < 1.29 is 0 Å². The van der Waals surface area contributed by atoms with Crippen LogP contribution in [0.3, 0.4) is 0 Å². The smallest absolute Gasteiger partial charge is 0.154 e. The molecule has 0 saturated carbocycles. The van der Waals surface area contributed by atoms with E-state index in [-0.39, 0.29) is 0 Å². The number of rotatable bonds is 0. The maximum atomic E-state index is 4.07. The molecule has 1 aromatic rings. The molecule has 0 atom stereocenters. The van der Waals surface area contributed by atoms with Crippen molar-refractivity contribution in [1.29, 1.82) is 0 Å². The van der Waals surface area contributed by atoms with Crippen LogP contribution in [0.2, 0.25) is 19.6 Å². The molecule has 4 heteroatoms. The van der Waals surface area contributed by atoms with E-state index in [0.29, 0.717) is 0 Å². The Balaban J connectivity index is 2.80. The summed E-state index contributed by atoms with van der Waals surface area (Å²) in [6.07, 6.45) is 1.69. The van der Waals surface area contributed by atoms with Crippen LogP contribution in [0.25, 0.3) is 0 Å². The summed E-state index contributed by atoms with van der Waals surface area (Å²) in [5, 5.41) is 8.00. The van der Waals surface area contributed by atoms with Crippen molar-refractivity contribution in [2.45, 2.75) is 19.6 Å². The van der Waals surface area contributed by atoms with Gasteiger partial charge in [-0.05, 0) is 0 Å². The predicted molar refractivity (Wildman–Crippen MR) is 51.2 cm³/mol. The highest BCUT2D eigenvalue weighted by Gasteiger charge is 2.07. The van der Waals surface area contributed by atoms with E-state index in [4.69, 9.17) is 0 Å². The summed E-state index contributed by atoms with van der Waals surface area (Å²) in [5.74, 6) is 3.02. The zero-order valence-corrected chi connectivity index (χ0v) is 8.92. The minimum absolute atomic E-state index is 0.764. The fourth-order valence-corrected chi connectivity index (χ4v) is 1.16. The summed E-state index contributed by atoms with van der Waals surface area (Å²) in [4.78, 5) is 1.52. The van der Waals surface area contributed by atoms with Gasteiger partial charge in [0.2, 0.25) is 0 Å². The topological polar surface area (TPSA) is 30.7 Å². The number of nitrogens with zero attached hydrogens (tertiary/aromatic N) is 3. The summed E-state index contributed by atoms with van der Waals surface area (Å²) in [6.45, 7) is 6.61. The standard InChI is InChI=1S/C8H13N3Si/c1-11-9-7-8(10-11)5-6-12(2,3)4/h7H,1-4H3. The highest BCUT2D eigenvalue weighted by molar-refractivity contribution is 6.83. The molecule has 1 aromatic heterocycles. The van der Waals surface area contributed by atoms with Crippen LogP contribution >= 0.6 is 0 Å². The van der Waals surface area contributed by atoms with Crippen molar-refractivity contribution >= 4 is 8.07 Å². The van der Waals surface area contributed by atoms with Gasteiger partial charge in [-0.1, -0.05) is 25.6 Å². The molecule has 0 amide bonds. The molecule has 0 bridgehead atoms. The molecule has 0 aliphatic carbocycles. The third-order valence-electron chi connectivity index (χ3n) is 1.17. The first-order valence-electron chi connectivity index (χ1n) is 3.87. The van der Waals surface area contributed by atoms with Crippen LogP contribution in [0.15, 0.2) is 6.20 Å². The molecule has 0 aromatic carbocycles. The van der Waals surface area contributed by atoms with Crippen LogP contribution in [0.5, 0.6) is 0 Å². The van der Waals surface area contributed by atoms with E-state index in [0.717, 1.165) is 5.69 Å². The Morgan fingerprint density at radius 1 is 1.42 bits per heavy atom. The molecule has 0 aliphatic heterocycles. The molecule has 0 aliphatic rings. The third kappa shape index (κ3) is 2.89. The Morgan fingerprint density at radius 2 is 2.08 bits per heavy atom. The van der Waals surface area contributed by atoms with Crippen LogP contribution in [0.4, 0.5) is 0 Å². The number of aromatic nitrogens is 3. The fourth-order valence-electron chi connectivity index (χ4n) is 0.655. The second-order valence-electron chi connectivity index (χ2n) is 3.72. The first kappa shape index (κ1) is 9.01. The molecule has 12 heavy (non-hydrogen) atoms. The maximum Gasteiger partial charge on any atom is 0.154 e. The highest BCUT2D eigenvalue weighted by atomic mass is 28.3. The summed E-state index contributed by atoms with van der Waals surface area (Å²) in [6, 6.07) is 0. The van der Waals surface area contributed by atoms with Gasteiger partial charge in [-0.25, -0.2) is 0 Å². The van der Waals surface area contributed by atoms with Gasteiger partial charge in [0, 0.05) is 7.05 Å². The zero-order valence-electron chi connectivity index (χ0n) is 7.92. The van der Waals surface area contributed by atoms with Crippen LogP contribution in [-0.4, -0.2) is 23.1 Å². The molecule has 0 N–H and O–H groups in total. The summed E-state index contributed by atoms with van der Waals surface area (Å²) < 4.78 is 0. The molecular formula is C8H13N3Si. The van der Waals surface area contributed by atoms with Crippen LogP contribution < -0.4 is 0 Å². The maximum absolute atomic E-state index is 4.07. The average molecular weight is 179 g/mol. The molecule has 1 heterocycles. The molecule has 64 valence electrons. The van der Waals surface area contributed by atoms with Crippen molar-refractivity contribution in [3.05, 3.63) is 11.9 Å². The van der Waals surface area contributed by atoms with E-state index in [9.17, 15) is 0 Å². The Bertz CT molecular complexity index is 324. The fraction of sp³-hybridized carbons (Fsp3) is 0.500. The van der Waals surface area contributed by atoms with E-state index in [1.165, 1.54) is 4.80 Å². The van der Waals surface area contributed by atoms with Crippen molar-refractivity contribution in [3.8, 4) is 11.5 Å². The molecule has 3 nitrogen and oxygen atoms in total. The Labute approximate surface area is 73.8 Å². The van der Waals surface area contributed by atoms with Crippen molar-refractivity contribution in [2.75, 3.05) is 0 Å². The van der Waals surface area contributed by atoms with E-state index in [1.807, 2.05) is 0 Å². The molecular weight excluding hydrogens is 166 g/mol. The number of hydrogen-bond acceptors (Lipinski definition) is 2. The molecule has 0 unspecified atom stereocenters. The molecule has 1 rings (SSSR count). The van der Waals surface area contributed by atoms with Crippen LogP contribution in [-0.2, 0) is 7.05 Å². The lowest BCUT2D eigenvalue weighted by Gasteiger charge is -2.02. The molecule has 0 saturated heterocycles. The van der Waals surface area contributed by atoms with Crippen molar-refractivity contribution in [2.24, 2.45) is 7.05 Å². The van der Waals surface area contributed by atoms with Crippen LogP contribution in [0, 0.1) is 11.5 Å². The molecule has 0 spiro atoms.